The van der Waals surface area contributed by atoms with Crippen molar-refractivity contribution in [2.24, 2.45) is 0 Å². The fourth-order valence-corrected chi connectivity index (χ4v) is 2.72. The number of pyridine rings is 1. The molecule has 1 aliphatic rings. The van der Waals surface area contributed by atoms with Crippen LogP contribution in [-0.4, -0.2) is 4.98 Å². The van der Waals surface area contributed by atoms with Crippen molar-refractivity contribution >= 4 is 10.9 Å². The van der Waals surface area contributed by atoms with Gasteiger partial charge in [-0.25, -0.2) is 0 Å². The van der Waals surface area contributed by atoms with Gasteiger partial charge in [0.2, 0.25) is 0 Å². The molecule has 1 aliphatic carbocycles. The minimum atomic E-state index is 0.734. The lowest BCUT2D eigenvalue weighted by molar-refractivity contribution is 0.514. The predicted molar refractivity (Wildman–Crippen MR) is 67.3 cm³/mol. The molecule has 1 heteroatoms. The van der Waals surface area contributed by atoms with Crippen LogP contribution in [0.25, 0.3) is 10.9 Å². The van der Waals surface area contributed by atoms with Gasteiger partial charge in [-0.1, -0.05) is 18.2 Å². The van der Waals surface area contributed by atoms with E-state index in [0.29, 0.717) is 0 Å². The summed E-state index contributed by atoms with van der Waals surface area (Å²) in [4.78, 5) is 4.43. The van der Waals surface area contributed by atoms with Gasteiger partial charge in [0.1, 0.15) is 0 Å². The van der Waals surface area contributed by atoms with Crippen molar-refractivity contribution in [2.75, 3.05) is 0 Å². The second-order valence-electron chi connectivity index (χ2n) is 4.56. The smallest absolute Gasteiger partial charge is 0.0704 e. The highest BCUT2D eigenvalue weighted by Gasteiger charge is 2.17. The van der Waals surface area contributed by atoms with Gasteiger partial charge in [0.15, 0.2) is 0 Å². The molecule has 3 rings (SSSR count). The van der Waals surface area contributed by atoms with E-state index in [1.807, 2.05) is 12.3 Å². The average molecular weight is 210 g/mol. The topological polar surface area (TPSA) is 12.9 Å². The Hall–Kier alpha value is -1.37. The number of fused-ring (bicyclic) bond motifs is 1. The van der Waals surface area contributed by atoms with Crippen molar-refractivity contribution in [3.8, 4) is 0 Å². The molecule has 1 heterocycles. The number of hydrogen-bond acceptors (Lipinski definition) is 1. The van der Waals surface area contributed by atoms with Gasteiger partial charge in [-0.15, -0.1) is 0 Å². The first kappa shape index (κ1) is 9.83. The van der Waals surface area contributed by atoms with Crippen molar-refractivity contribution < 1.29 is 0 Å². The van der Waals surface area contributed by atoms with Crippen LogP contribution in [-0.2, 0) is 0 Å². The van der Waals surface area contributed by atoms with E-state index in [9.17, 15) is 0 Å². The number of nitrogens with zero attached hydrogens (tertiary/aromatic N) is 1. The number of rotatable bonds is 1. The Balaban J connectivity index is 2.08. The molecule has 1 nitrogen and oxygen atoms in total. The molecule has 0 amide bonds. The van der Waals surface area contributed by atoms with Crippen LogP contribution in [0.1, 0.15) is 37.2 Å². The molecule has 16 heavy (non-hydrogen) atoms. The fraction of sp³-hybridized carbons (Fsp3) is 0.333. The zero-order valence-corrected chi connectivity index (χ0v) is 9.39. The van der Waals surface area contributed by atoms with Gasteiger partial charge >= 0.3 is 0 Å². The molecule has 1 saturated carbocycles. The lowest BCUT2D eigenvalue weighted by Gasteiger charge is -2.22. The van der Waals surface area contributed by atoms with Crippen LogP contribution in [0, 0.1) is 6.42 Å². The minimum Gasteiger partial charge on any atom is -0.256 e. The standard InChI is InChI=1S/C15H16N/c1-2-6-12(7-3-1)13-8-4-10-15-14(13)9-5-11-16-15/h1,4-5,8-12H,2-3,6-7H2. The first-order valence-electron chi connectivity index (χ1n) is 6.10. The molecule has 81 valence electrons. The van der Waals surface area contributed by atoms with E-state index in [-0.39, 0.29) is 0 Å². The number of benzene rings is 1. The van der Waals surface area contributed by atoms with Gasteiger partial charge in [-0.05, 0) is 55.7 Å². The van der Waals surface area contributed by atoms with Crippen LogP contribution in [0.3, 0.4) is 0 Å². The third-order valence-corrected chi connectivity index (χ3v) is 3.56. The molecule has 0 saturated heterocycles. The molecule has 1 aromatic heterocycles. The summed E-state index contributed by atoms with van der Waals surface area (Å²) < 4.78 is 0. The molecule has 0 bridgehead atoms. The van der Waals surface area contributed by atoms with Gasteiger partial charge in [0.25, 0.3) is 0 Å². The molecule has 0 N–H and O–H groups in total. The summed E-state index contributed by atoms with van der Waals surface area (Å²) in [5.74, 6) is 0.734. The average Bonchev–Trinajstić information content (AvgIpc) is 2.39. The van der Waals surface area contributed by atoms with Gasteiger partial charge in [-0.3, -0.25) is 4.98 Å². The largest absolute Gasteiger partial charge is 0.256 e. The lowest BCUT2D eigenvalue weighted by Crippen LogP contribution is -2.05. The maximum absolute atomic E-state index is 4.43. The van der Waals surface area contributed by atoms with E-state index in [0.717, 1.165) is 11.4 Å². The van der Waals surface area contributed by atoms with Gasteiger partial charge in [0.05, 0.1) is 5.52 Å². The molecule has 1 radical (unpaired) electrons. The van der Waals surface area contributed by atoms with E-state index in [1.165, 1.54) is 36.6 Å². The van der Waals surface area contributed by atoms with E-state index in [1.54, 1.807) is 0 Å². The monoisotopic (exact) mass is 210 g/mol. The van der Waals surface area contributed by atoms with Crippen LogP contribution in [0.5, 0.6) is 0 Å². The normalized spacial score (nSPS) is 17.8. The summed E-state index contributed by atoms with van der Waals surface area (Å²) in [7, 11) is 0. The SMILES string of the molecule is [CH]1CCC(c2cccc3ncccc23)CC1. The van der Waals surface area contributed by atoms with E-state index < -0.39 is 0 Å². The first-order valence-corrected chi connectivity index (χ1v) is 6.10. The zero-order valence-electron chi connectivity index (χ0n) is 9.39. The molecule has 0 aliphatic heterocycles. The fourth-order valence-electron chi connectivity index (χ4n) is 2.72. The summed E-state index contributed by atoms with van der Waals surface area (Å²) in [6, 6.07) is 10.8. The molecule has 0 spiro atoms. The van der Waals surface area contributed by atoms with Crippen LogP contribution in [0.4, 0.5) is 0 Å². The van der Waals surface area contributed by atoms with Gasteiger partial charge in [0, 0.05) is 11.6 Å². The summed E-state index contributed by atoms with van der Waals surface area (Å²) in [6.07, 6.45) is 9.42. The Labute approximate surface area is 96.5 Å². The Morgan fingerprint density at radius 1 is 1.00 bits per heavy atom. The summed E-state index contributed by atoms with van der Waals surface area (Å²) in [5.41, 5.74) is 2.63. The maximum Gasteiger partial charge on any atom is 0.0704 e. The van der Waals surface area contributed by atoms with Crippen LogP contribution in [0.15, 0.2) is 36.5 Å². The molecule has 0 atom stereocenters. The first-order chi connectivity index (χ1) is 7.95. The Bertz CT molecular complexity index is 478. The third-order valence-electron chi connectivity index (χ3n) is 3.56. The summed E-state index contributed by atoms with van der Waals surface area (Å²) >= 11 is 0. The van der Waals surface area contributed by atoms with Crippen molar-refractivity contribution in [3.63, 3.8) is 0 Å². The highest BCUT2D eigenvalue weighted by atomic mass is 14.6. The predicted octanol–water partition coefficient (Wildman–Crippen LogP) is 4.10. The minimum absolute atomic E-state index is 0.734. The second kappa shape index (κ2) is 4.25. The second-order valence-corrected chi connectivity index (χ2v) is 4.56. The Morgan fingerprint density at radius 3 is 2.75 bits per heavy atom. The van der Waals surface area contributed by atoms with Crippen LogP contribution < -0.4 is 0 Å². The highest BCUT2D eigenvalue weighted by Crippen LogP contribution is 2.35. The Morgan fingerprint density at radius 2 is 1.88 bits per heavy atom. The van der Waals surface area contributed by atoms with Crippen molar-refractivity contribution in [1.29, 1.82) is 0 Å². The number of aromatic nitrogens is 1. The zero-order chi connectivity index (χ0) is 10.8. The van der Waals surface area contributed by atoms with Gasteiger partial charge in [-0.2, -0.15) is 0 Å². The van der Waals surface area contributed by atoms with Crippen molar-refractivity contribution in [3.05, 3.63) is 48.5 Å². The quantitative estimate of drug-likeness (QED) is 0.690. The third kappa shape index (κ3) is 1.71. The Kier molecular flexibility index (Phi) is 2.61. The number of hydrogen-bond donors (Lipinski definition) is 0. The van der Waals surface area contributed by atoms with E-state index in [2.05, 4.69) is 35.7 Å². The highest BCUT2D eigenvalue weighted by molar-refractivity contribution is 5.82. The van der Waals surface area contributed by atoms with E-state index in [4.69, 9.17) is 0 Å². The molecule has 1 fully saturated rings. The molecule has 1 aromatic carbocycles. The molecular formula is C15H16N. The molecular weight excluding hydrogens is 194 g/mol. The molecule has 2 aromatic rings. The summed E-state index contributed by atoms with van der Waals surface area (Å²) in [6.45, 7) is 0. The van der Waals surface area contributed by atoms with E-state index >= 15 is 0 Å². The lowest BCUT2D eigenvalue weighted by atomic mass is 9.82. The maximum atomic E-state index is 4.43. The summed E-state index contributed by atoms with van der Waals surface area (Å²) in [5, 5.41) is 1.34. The van der Waals surface area contributed by atoms with Crippen LogP contribution in [0.2, 0.25) is 0 Å². The van der Waals surface area contributed by atoms with Crippen LogP contribution >= 0.6 is 0 Å². The van der Waals surface area contributed by atoms with Crippen molar-refractivity contribution in [2.45, 2.75) is 31.6 Å². The molecule has 0 unspecified atom stereocenters. The van der Waals surface area contributed by atoms with Crippen molar-refractivity contribution in [1.82, 2.24) is 4.98 Å². The van der Waals surface area contributed by atoms with Gasteiger partial charge < -0.3 is 0 Å².